The van der Waals surface area contributed by atoms with E-state index in [1.807, 2.05) is 48.5 Å². The minimum absolute atomic E-state index is 0.117. The molecule has 0 saturated heterocycles. The van der Waals surface area contributed by atoms with Crippen molar-refractivity contribution >= 4 is 40.9 Å². The van der Waals surface area contributed by atoms with Gasteiger partial charge in [0, 0.05) is 27.9 Å². The summed E-state index contributed by atoms with van der Waals surface area (Å²) in [4.78, 5) is 13.0. The molecule has 0 atom stereocenters. The van der Waals surface area contributed by atoms with E-state index < -0.39 is 0 Å². The Kier molecular flexibility index (Phi) is 8.51. The molecule has 0 aliphatic heterocycles. The molecule has 0 saturated carbocycles. The fraction of sp³-hybridized carbons (Fsp3) is 0.316. The van der Waals surface area contributed by atoms with Gasteiger partial charge in [-0.25, -0.2) is 0 Å². The predicted molar refractivity (Wildman–Crippen MR) is 104 cm³/mol. The number of halogens is 2. The highest BCUT2D eigenvalue weighted by atomic mass is 35.5. The van der Waals surface area contributed by atoms with Gasteiger partial charge < -0.3 is 5.32 Å². The molecule has 128 valence electrons. The first kappa shape index (κ1) is 19.2. The van der Waals surface area contributed by atoms with Gasteiger partial charge in [-0.1, -0.05) is 41.4 Å². The normalized spacial score (nSPS) is 10.6. The van der Waals surface area contributed by atoms with Crippen LogP contribution in [0.25, 0.3) is 0 Å². The van der Waals surface area contributed by atoms with Crippen LogP contribution in [-0.2, 0) is 11.2 Å². The number of nitrogens with one attached hydrogen (secondary N) is 1. The van der Waals surface area contributed by atoms with Crippen molar-refractivity contribution in [1.29, 1.82) is 0 Å². The van der Waals surface area contributed by atoms with Crippen LogP contribution in [0.1, 0.15) is 24.8 Å². The Morgan fingerprint density at radius 2 is 1.75 bits per heavy atom. The molecule has 0 aromatic heterocycles. The molecule has 2 nitrogen and oxygen atoms in total. The molecule has 0 unspecified atom stereocenters. The molecule has 1 N–H and O–H groups in total. The van der Waals surface area contributed by atoms with Gasteiger partial charge >= 0.3 is 0 Å². The summed E-state index contributed by atoms with van der Waals surface area (Å²) in [7, 11) is 0. The second kappa shape index (κ2) is 10.7. The van der Waals surface area contributed by atoms with Crippen molar-refractivity contribution in [2.45, 2.75) is 30.6 Å². The van der Waals surface area contributed by atoms with Crippen molar-refractivity contribution < 1.29 is 4.79 Å². The van der Waals surface area contributed by atoms with Gasteiger partial charge in [-0.2, -0.15) is 0 Å². The van der Waals surface area contributed by atoms with Crippen molar-refractivity contribution in [3.63, 3.8) is 0 Å². The second-order valence-corrected chi connectivity index (χ2v) is 7.46. The summed E-state index contributed by atoms with van der Waals surface area (Å²) in [5.74, 6) is 1.04. The molecule has 2 rings (SSSR count). The third-order valence-electron chi connectivity index (χ3n) is 3.53. The molecular formula is C19H21Cl2NOS. The van der Waals surface area contributed by atoms with Crippen LogP contribution >= 0.6 is 35.0 Å². The lowest BCUT2D eigenvalue weighted by molar-refractivity contribution is -0.121. The minimum atomic E-state index is 0.117. The molecule has 1 amide bonds. The average molecular weight is 382 g/mol. The number of thioether (sulfide) groups is 1. The van der Waals surface area contributed by atoms with Crippen molar-refractivity contribution in [2.75, 3.05) is 12.3 Å². The van der Waals surface area contributed by atoms with E-state index in [1.54, 1.807) is 11.8 Å². The van der Waals surface area contributed by atoms with Crippen molar-refractivity contribution in [3.05, 3.63) is 64.1 Å². The maximum absolute atomic E-state index is 11.8. The monoisotopic (exact) mass is 381 g/mol. The van der Waals surface area contributed by atoms with Gasteiger partial charge in [0.25, 0.3) is 0 Å². The Labute approximate surface area is 157 Å². The highest BCUT2D eigenvalue weighted by Crippen LogP contribution is 2.21. The van der Waals surface area contributed by atoms with E-state index in [-0.39, 0.29) is 5.91 Å². The molecule has 0 aliphatic rings. The molecular weight excluding hydrogens is 361 g/mol. The maximum Gasteiger partial charge on any atom is 0.220 e. The summed E-state index contributed by atoms with van der Waals surface area (Å²) < 4.78 is 0. The quantitative estimate of drug-likeness (QED) is 0.451. The zero-order valence-corrected chi connectivity index (χ0v) is 15.8. The Bertz CT molecular complexity index is 646. The van der Waals surface area contributed by atoms with Gasteiger partial charge in [0.15, 0.2) is 0 Å². The third-order valence-corrected chi connectivity index (χ3v) is 5.25. The largest absolute Gasteiger partial charge is 0.356 e. The Hall–Kier alpha value is -1.16. The predicted octanol–water partition coefficient (Wildman–Crippen LogP) is 5.61. The summed E-state index contributed by atoms with van der Waals surface area (Å²) in [6.07, 6.45) is 3.21. The molecule has 0 bridgehead atoms. The molecule has 0 aliphatic carbocycles. The SMILES string of the molecule is O=C(CCCSc1ccc(Cl)cc1)NCCCc1ccccc1Cl. The van der Waals surface area contributed by atoms with Crippen LogP contribution in [0, 0.1) is 0 Å². The first-order chi connectivity index (χ1) is 11.6. The highest BCUT2D eigenvalue weighted by Gasteiger charge is 2.03. The van der Waals surface area contributed by atoms with E-state index in [0.29, 0.717) is 13.0 Å². The van der Waals surface area contributed by atoms with Gasteiger partial charge in [-0.15, -0.1) is 11.8 Å². The van der Waals surface area contributed by atoms with Crippen LogP contribution in [0.5, 0.6) is 0 Å². The minimum Gasteiger partial charge on any atom is -0.356 e. The Morgan fingerprint density at radius 3 is 2.50 bits per heavy atom. The van der Waals surface area contributed by atoms with Crippen molar-refractivity contribution in [3.8, 4) is 0 Å². The molecule has 0 fully saturated rings. The van der Waals surface area contributed by atoms with E-state index in [4.69, 9.17) is 23.2 Å². The number of hydrogen-bond donors (Lipinski definition) is 1. The van der Waals surface area contributed by atoms with Crippen LogP contribution in [0.2, 0.25) is 10.0 Å². The Balaban J connectivity index is 1.53. The topological polar surface area (TPSA) is 29.1 Å². The molecule has 2 aromatic carbocycles. The van der Waals surface area contributed by atoms with E-state index >= 15 is 0 Å². The molecule has 0 spiro atoms. The van der Waals surface area contributed by atoms with Gasteiger partial charge in [-0.05, 0) is 60.9 Å². The summed E-state index contributed by atoms with van der Waals surface area (Å²) >= 11 is 13.7. The number of carbonyl (C=O) groups excluding carboxylic acids is 1. The third kappa shape index (κ3) is 7.16. The fourth-order valence-electron chi connectivity index (χ4n) is 2.25. The lowest BCUT2D eigenvalue weighted by Gasteiger charge is -2.06. The molecule has 24 heavy (non-hydrogen) atoms. The van der Waals surface area contributed by atoms with Crippen molar-refractivity contribution in [1.82, 2.24) is 5.32 Å². The van der Waals surface area contributed by atoms with Gasteiger partial charge in [0.05, 0.1) is 0 Å². The fourth-order valence-corrected chi connectivity index (χ4v) is 3.46. The van der Waals surface area contributed by atoms with Gasteiger partial charge in [0.1, 0.15) is 0 Å². The standard InChI is InChI=1S/C19H21Cl2NOS/c20-16-9-11-17(12-10-16)24-14-4-8-19(23)22-13-3-6-15-5-1-2-7-18(15)21/h1-2,5,7,9-12H,3-4,6,8,13-14H2,(H,22,23). The first-order valence-corrected chi connectivity index (χ1v) is 9.78. The van der Waals surface area contributed by atoms with E-state index in [0.717, 1.165) is 40.6 Å². The number of benzene rings is 2. The summed E-state index contributed by atoms with van der Waals surface area (Å²) in [5, 5.41) is 4.51. The summed E-state index contributed by atoms with van der Waals surface area (Å²) in [6, 6.07) is 15.6. The van der Waals surface area contributed by atoms with E-state index in [1.165, 1.54) is 4.90 Å². The first-order valence-electron chi connectivity index (χ1n) is 8.03. The van der Waals surface area contributed by atoms with Gasteiger partial charge in [0.2, 0.25) is 5.91 Å². The van der Waals surface area contributed by atoms with E-state index in [9.17, 15) is 4.79 Å². The summed E-state index contributed by atoms with van der Waals surface area (Å²) in [6.45, 7) is 0.689. The van der Waals surface area contributed by atoms with Crippen LogP contribution in [0.3, 0.4) is 0 Å². The van der Waals surface area contributed by atoms with Gasteiger partial charge in [-0.3, -0.25) is 4.79 Å². The summed E-state index contributed by atoms with van der Waals surface area (Å²) in [5.41, 5.74) is 1.13. The number of aryl methyl sites for hydroxylation is 1. The molecule has 0 heterocycles. The number of carbonyl (C=O) groups is 1. The lowest BCUT2D eigenvalue weighted by atomic mass is 10.1. The molecule has 5 heteroatoms. The zero-order chi connectivity index (χ0) is 17.2. The smallest absolute Gasteiger partial charge is 0.220 e. The Morgan fingerprint density at radius 1 is 1.00 bits per heavy atom. The van der Waals surface area contributed by atoms with Crippen LogP contribution in [0.15, 0.2) is 53.4 Å². The second-order valence-electron chi connectivity index (χ2n) is 5.45. The number of rotatable bonds is 9. The van der Waals surface area contributed by atoms with Crippen LogP contribution in [0.4, 0.5) is 0 Å². The number of amides is 1. The lowest BCUT2D eigenvalue weighted by Crippen LogP contribution is -2.24. The zero-order valence-electron chi connectivity index (χ0n) is 13.4. The maximum atomic E-state index is 11.8. The molecule has 0 radical (unpaired) electrons. The van der Waals surface area contributed by atoms with E-state index in [2.05, 4.69) is 5.32 Å². The average Bonchev–Trinajstić information content (AvgIpc) is 2.58. The van der Waals surface area contributed by atoms with Crippen molar-refractivity contribution in [2.24, 2.45) is 0 Å². The highest BCUT2D eigenvalue weighted by molar-refractivity contribution is 7.99. The van der Waals surface area contributed by atoms with Crippen LogP contribution < -0.4 is 5.32 Å². The number of hydrogen-bond acceptors (Lipinski definition) is 2. The van der Waals surface area contributed by atoms with Crippen LogP contribution in [-0.4, -0.2) is 18.2 Å². The molecule has 2 aromatic rings.